The summed E-state index contributed by atoms with van der Waals surface area (Å²) >= 11 is 0. The zero-order valence-corrected chi connectivity index (χ0v) is 14.5. The number of hydrogen-bond acceptors (Lipinski definition) is 4. The fourth-order valence-electron chi connectivity index (χ4n) is 2.81. The summed E-state index contributed by atoms with van der Waals surface area (Å²) in [4.78, 5) is 38.5. The van der Waals surface area contributed by atoms with Crippen LogP contribution in [0.2, 0.25) is 0 Å². The molecule has 7 heteroatoms. The van der Waals surface area contributed by atoms with Gasteiger partial charge in [0.1, 0.15) is 11.4 Å². The van der Waals surface area contributed by atoms with Gasteiger partial charge in [0.2, 0.25) is 0 Å². The number of ketones is 1. The van der Waals surface area contributed by atoms with Crippen LogP contribution in [0, 0.1) is 6.92 Å². The highest BCUT2D eigenvalue weighted by atomic mass is 16.5. The van der Waals surface area contributed by atoms with Crippen LogP contribution in [-0.4, -0.2) is 34.9 Å². The third kappa shape index (κ3) is 3.55. The number of Topliss-reactive ketones (excluding diaryl/α,β-unsaturated/α-hetero) is 1. The summed E-state index contributed by atoms with van der Waals surface area (Å²) in [7, 11) is 1.39. The Morgan fingerprint density at radius 2 is 1.96 bits per heavy atom. The van der Waals surface area contributed by atoms with Crippen LogP contribution < -0.4 is 10.1 Å². The molecule has 0 radical (unpaired) electrons. The van der Waals surface area contributed by atoms with Crippen LogP contribution in [0.15, 0.2) is 18.2 Å². The maximum Gasteiger partial charge on any atom is 0.335 e. The minimum absolute atomic E-state index is 0.0543. The number of aromatic amines is 1. The van der Waals surface area contributed by atoms with Crippen molar-refractivity contribution in [3.05, 3.63) is 46.3 Å². The van der Waals surface area contributed by atoms with E-state index in [1.54, 1.807) is 6.92 Å². The summed E-state index contributed by atoms with van der Waals surface area (Å²) in [5.74, 6) is -1.38. The van der Waals surface area contributed by atoms with Gasteiger partial charge < -0.3 is 20.1 Å². The maximum atomic E-state index is 12.6. The Kier molecular flexibility index (Phi) is 5.26. The lowest BCUT2D eigenvalue weighted by Crippen LogP contribution is -2.15. The number of carboxylic acids is 1. The number of aromatic carboxylic acids is 1. The van der Waals surface area contributed by atoms with Crippen molar-refractivity contribution < 1.29 is 24.2 Å². The highest BCUT2D eigenvalue weighted by Gasteiger charge is 2.22. The first-order chi connectivity index (χ1) is 11.8. The number of carbonyl (C=O) groups excluding carboxylic acids is 2. The normalized spacial score (nSPS) is 10.4. The van der Waals surface area contributed by atoms with Gasteiger partial charge in [0, 0.05) is 11.3 Å². The van der Waals surface area contributed by atoms with E-state index < -0.39 is 11.9 Å². The Hall–Kier alpha value is -3.09. The Labute approximate surface area is 145 Å². The van der Waals surface area contributed by atoms with Gasteiger partial charge in [0.05, 0.1) is 18.4 Å². The van der Waals surface area contributed by atoms with Crippen LogP contribution in [-0.2, 0) is 6.42 Å². The second kappa shape index (κ2) is 7.21. The summed E-state index contributed by atoms with van der Waals surface area (Å²) in [5, 5.41) is 11.7. The number of nitrogens with one attached hydrogen (secondary N) is 2. The van der Waals surface area contributed by atoms with Crippen LogP contribution in [0.5, 0.6) is 5.75 Å². The first-order valence-electron chi connectivity index (χ1n) is 7.75. The molecule has 3 N–H and O–H groups in total. The fourth-order valence-corrected chi connectivity index (χ4v) is 2.81. The molecule has 1 amide bonds. The second-order valence-electron chi connectivity index (χ2n) is 5.56. The molecule has 25 heavy (non-hydrogen) atoms. The molecule has 2 aromatic rings. The van der Waals surface area contributed by atoms with Crippen molar-refractivity contribution in [3.8, 4) is 5.75 Å². The molecule has 0 saturated heterocycles. The predicted octanol–water partition coefficient (Wildman–Crippen LogP) is 3.05. The monoisotopic (exact) mass is 344 g/mol. The number of carbonyl (C=O) groups is 3. The molecular weight excluding hydrogens is 324 g/mol. The van der Waals surface area contributed by atoms with E-state index in [1.165, 1.54) is 32.2 Å². The van der Waals surface area contributed by atoms with E-state index in [9.17, 15) is 14.4 Å². The molecule has 0 atom stereocenters. The summed E-state index contributed by atoms with van der Waals surface area (Å²) in [5.41, 5.74) is 2.54. The SMILES string of the molecule is CCc1c(C(=O)Nc2ccc(C(=O)O)cc2OC)[nH]c(C)c1C(C)=O. The lowest BCUT2D eigenvalue weighted by atomic mass is 10.0. The molecule has 132 valence electrons. The van der Waals surface area contributed by atoms with Gasteiger partial charge in [-0.25, -0.2) is 4.79 Å². The van der Waals surface area contributed by atoms with Crippen molar-refractivity contribution in [1.29, 1.82) is 0 Å². The quantitative estimate of drug-likeness (QED) is 0.698. The molecule has 0 aliphatic rings. The van der Waals surface area contributed by atoms with Crippen LogP contribution in [0.3, 0.4) is 0 Å². The van der Waals surface area contributed by atoms with Crippen molar-refractivity contribution in [2.45, 2.75) is 27.2 Å². The molecule has 0 unspecified atom stereocenters. The predicted molar refractivity (Wildman–Crippen MR) is 92.8 cm³/mol. The number of benzene rings is 1. The summed E-state index contributed by atoms with van der Waals surface area (Å²) in [6.07, 6.45) is 0.525. The molecule has 0 fully saturated rings. The lowest BCUT2D eigenvalue weighted by Gasteiger charge is -2.11. The topological polar surface area (TPSA) is 108 Å². The molecule has 0 bridgehead atoms. The molecule has 0 aliphatic heterocycles. The molecule has 1 aromatic heterocycles. The van der Waals surface area contributed by atoms with Gasteiger partial charge in [-0.2, -0.15) is 0 Å². The van der Waals surface area contributed by atoms with Crippen molar-refractivity contribution in [2.75, 3.05) is 12.4 Å². The van der Waals surface area contributed by atoms with Crippen LogP contribution in [0.4, 0.5) is 5.69 Å². The molecule has 1 aromatic carbocycles. The minimum atomic E-state index is -1.09. The number of H-pyrrole nitrogens is 1. The van der Waals surface area contributed by atoms with Crippen molar-refractivity contribution >= 4 is 23.3 Å². The lowest BCUT2D eigenvalue weighted by molar-refractivity contribution is 0.0696. The van der Waals surface area contributed by atoms with E-state index in [0.717, 1.165) is 0 Å². The van der Waals surface area contributed by atoms with Crippen LogP contribution in [0.25, 0.3) is 0 Å². The van der Waals surface area contributed by atoms with E-state index in [1.807, 2.05) is 6.92 Å². The smallest absolute Gasteiger partial charge is 0.335 e. The Morgan fingerprint density at radius 3 is 2.48 bits per heavy atom. The number of hydrogen-bond donors (Lipinski definition) is 3. The Balaban J connectivity index is 2.39. The largest absolute Gasteiger partial charge is 0.495 e. The molecule has 7 nitrogen and oxygen atoms in total. The van der Waals surface area contributed by atoms with Crippen LogP contribution >= 0.6 is 0 Å². The highest BCUT2D eigenvalue weighted by molar-refractivity contribution is 6.08. The number of aromatic nitrogens is 1. The van der Waals surface area contributed by atoms with E-state index in [-0.39, 0.29) is 17.1 Å². The first-order valence-corrected chi connectivity index (χ1v) is 7.75. The zero-order valence-electron chi connectivity index (χ0n) is 14.5. The number of rotatable bonds is 6. The zero-order chi connectivity index (χ0) is 18.7. The fraction of sp³-hybridized carbons (Fsp3) is 0.278. The Bertz CT molecular complexity index is 851. The van der Waals surface area contributed by atoms with E-state index in [2.05, 4.69) is 10.3 Å². The average Bonchev–Trinajstić information content (AvgIpc) is 2.91. The van der Waals surface area contributed by atoms with Gasteiger partial charge in [-0.3, -0.25) is 9.59 Å². The minimum Gasteiger partial charge on any atom is -0.495 e. The van der Waals surface area contributed by atoms with Crippen molar-refractivity contribution in [2.24, 2.45) is 0 Å². The molecular formula is C18H20N2O5. The third-order valence-electron chi connectivity index (χ3n) is 3.92. The van der Waals surface area contributed by atoms with Gasteiger partial charge in [-0.1, -0.05) is 6.92 Å². The molecule has 0 spiro atoms. The van der Waals surface area contributed by atoms with E-state index in [0.29, 0.717) is 34.6 Å². The number of ether oxygens (including phenoxy) is 1. The van der Waals surface area contributed by atoms with Gasteiger partial charge in [0.15, 0.2) is 5.78 Å². The van der Waals surface area contributed by atoms with Gasteiger partial charge in [-0.05, 0) is 44.0 Å². The van der Waals surface area contributed by atoms with E-state index >= 15 is 0 Å². The van der Waals surface area contributed by atoms with Gasteiger partial charge >= 0.3 is 5.97 Å². The molecule has 0 saturated carbocycles. The first kappa shape index (κ1) is 18.3. The maximum absolute atomic E-state index is 12.6. The summed E-state index contributed by atoms with van der Waals surface area (Å²) in [6, 6.07) is 4.18. The average molecular weight is 344 g/mol. The summed E-state index contributed by atoms with van der Waals surface area (Å²) < 4.78 is 5.15. The van der Waals surface area contributed by atoms with Crippen LogP contribution in [0.1, 0.15) is 56.3 Å². The van der Waals surface area contributed by atoms with Crippen molar-refractivity contribution in [1.82, 2.24) is 4.98 Å². The van der Waals surface area contributed by atoms with Crippen molar-refractivity contribution in [3.63, 3.8) is 0 Å². The molecule has 1 heterocycles. The molecule has 2 rings (SSSR count). The number of amides is 1. The van der Waals surface area contributed by atoms with E-state index in [4.69, 9.17) is 9.84 Å². The Morgan fingerprint density at radius 1 is 1.28 bits per heavy atom. The highest BCUT2D eigenvalue weighted by Crippen LogP contribution is 2.27. The third-order valence-corrected chi connectivity index (χ3v) is 3.92. The van der Waals surface area contributed by atoms with Gasteiger partial charge in [0.25, 0.3) is 5.91 Å². The number of anilines is 1. The molecule has 0 aliphatic carbocycles. The standard InChI is InChI=1S/C18H20N2O5/c1-5-12-15(10(3)21)9(2)19-16(12)17(22)20-13-7-6-11(18(23)24)8-14(13)25-4/h6-8,19H,5H2,1-4H3,(H,20,22)(H,23,24). The summed E-state index contributed by atoms with van der Waals surface area (Å²) in [6.45, 7) is 5.08. The van der Waals surface area contributed by atoms with Gasteiger partial charge in [-0.15, -0.1) is 0 Å². The number of methoxy groups -OCH3 is 1. The second-order valence-corrected chi connectivity index (χ2v) is 5.56. The number of carboxylic acid groups (broad SMARTS) is 1. The number of aryl methyl sites for hydroxylation is 1.